The molecule has 0 saturated carbocycles. The topological polar surface area (TPSA) is 38.3 Å². The Morgan fingerprint density at radius 3 is 3.14 bits per heavy atom. The lowest BCUT2D eigenvalue weighted by atomic mass is 10.5. The van der Waals surface area contributed by atoms with Crippen LogP contribution >= 0.6 is 0 Å². The van der Waals surface area contributed by atoms with Crippen LogP contribution in [0.4, 0.5) is 0 Å². The minimum atomic E-state index is 0.139. The van der Waals surface area contributed by atoms with Gasteiger partial charge in [-0.1, -0.05) is 0 Å². The zero-order valence-corrected chi connectivity index (χ0v) is 3.39. The van der Waals surface area contributed by atoms with Crippen molar-refractivity contribution < 1.29 is 9.63 Å². The highest BCUT2D eigenvalue weighted by Gasteiger charge is 1.97. The largest absolute Gasteiger partial charge is 0.370 e. The molecular weight excluding hydrogens is 94.0 g/mol. The van der Waals surface area contributed by atoms with Crippen LogP contribution in [0.25, 0.3) is 0 Å². The third-order valence-corrected chi connectivity index (χ3v) is 0.524. The molecule has 0 amide bonds. The van der Waals surface area contributed by atoms with Crippen molar-refractivity contribution in [2.24, 2.45) is 0 Å². The Bertz CT molecular complexity index is 144. The minimum Gasteiger partial charge on any atom is -0.370 e. The maximum absolute atomic E-state index is 9.61. The zero-order valence-electron chi connectivity index (χ0n) is 3.39. The van der Waals surface area contributed by atoms with E-state index in [0.29, 0.717) is 0 Å². The fourth-order valence-corrected chi connectivity index (χ4v) is 0.259. The van der Waals surface area contributed by atoms with Gasteiger partial charge in [0.2, 0.25) is 5.76 Å². The highest BCUT2D eigenvalue weighted by Crippen LogP contribution is 1.94. The van der Waals surface area contributed by atoms with Gasteiger partial charge in [-0.3, -0.25) is 0 Å². The Labute approximate surface area is 40.2 Å². The Balaban J connectivity index is 2.77. The number of nitrogens with one attached hydrogen (secondary N) is 1. The first-order chi connectivity index (χ1) is 3.43. The molecule has 1 rings (SSSR count). The first-order valence-electron chi connectivity index (χ1n) is 1.69. The monoisotopic (exact) mass is 96.0 g/mol. The Kier molecular flexibility index (Phi) is 0.845. The summed E-state index contributed by atoms with van der Waals surface area (Å²) >= 11 is 0. The van der Waals surface area contributed by atoms with E-state index in [4.69, 9.17) is 0 Å². The lowest BCUT2D eigenvalue weighted by molar-refractivity contribution is 0.169. The molecule has 1 heterocycles. The second kappa shape index (κ2) is 1.49. The van der Waals surface area contributed by atoms with Crippen molar-refractivity contribution in [3.05, 3.63) is 18.0 Å². The number of carbonyl (C=O) groups excluding carboxylic acids is 1. The van der Waals surface area contributed by atoms with E-state index in [1.54, 1.807) is 0 Å². The molecule has 7 heavy (non-hydrogen) atoms. The molecule has 0 aromatic carbocycles. The average Bonchev–Trinajstić information content (AvgIpc) is 2.14. The maximum Gasteiger partial charge on any atom is 0.240 e. The molecule has 1 radical (unpaired) electrons. The van der Waals surface area contributed by atoms with E-state index in [2.05, 4.69) is 16.5 Å². The number of rotatable bonds is 0. The molecule has 0 aromatic heterocycles. The van der Waals surface area contributed by atoms with Gasteiger partial charge in [0.25, 0.3) is 0 Å². The van der Waals surface area contributed by atoms with Crippen LogP contribution in [0.5, 0.6) is 0 Å². The first kappa shape index (κ1) is 3.96. The molecule has 1 N–H and O–H groups in total. The Morgan fingerprint density at radius 2 is 2.86 bits per heavy atom. The SMILES string of the molecule is O=C=C1C=[C]NO1. The maximum atomic E-state index is 9.61. The van der Waals surface area contributed by atoms with Crippen molar-refractivity contribution >= 4 is 5.94 Å². The predicted molar refractivity (Wildman–Crippen MR) is 21.2 cm³/mol. The number of allylic oxidation sites excluding steroid dienone is 1. The molecule has 0 unspecified atom stereocenters. The number of hydrogen-bond acceptors (Lipinski definition) is 3. The van der Waals surface area contributed by atoms with Crippen molar-refractivity contribution in [1.82, 2.24) is 5.48 Å². The summed E-state index contributed by atoms with van der Waals surface area (Å²) in [6.07, 6.45) is 3.79. The molecule has 0 bridgehead atoms. The highest BCUT2D eigenvalue weighted by atomic mass is 16.7. The minimum absolute atomic E-state index is 0.139. The summed E-state index contributed by atoms with van der Waals surface area (Å²) < 4.78 is 0. The van der Waals surface area contributed by atoms with Gasteiger partial charge in [0.1, 0.15) is 6.20 Å². The Hall–Kier alpha value is -1.21. The van der Waals surface area contributed by atoms with Crippen molar-refractivity contribution in [2.75, 3.05) is 0 Å². The Morgan fingerprint density at radius 1 is 2.00 bits per heavy atom. The van der Waals surface area contributed by atoms with Crippen LogP contribution in [0, 0.1) is 6.20 Å². The molecule has 0 atom stereocenters. The van der Waals surface area contributed by atoms with Gasteiger partial charge in [0.05, 0.1) is 0 Å². The average molecular weight is 96.1 g/mol. The van der Waals surface area contributed by atoms with E-state index in [9.17, 15) is 4.79 Å². The van der Waals surface area contributed by atoms with E-state index < -0.39 is 0 Å². The smallest absolute Gasteiger partial charge is 0.240 e. The van der Waals surface area contributed by atoms with Gasteiger partial charge in [-0.05, 0) is 0 Å². The van der Waals surface area contributed by atoms with Gasteiger partial charge >= 0.3 is 0 Å². The molecule has 1 aliphatic rings. The third kappa shape index (κ3) is 0.614. The third-order valence-electron chi connectivity index (χ3n) is 0.524. The van der Waals surface area contributed by atoms with E-state index in [1.807, 2.05) is 0 Å². The van der Waals surface area contributed by atoms with Gasteiger partial charge in [0.15, 0.2) is 5.94 Å². The van der Waals surface area contributed by atoms with Gasteiger partial charge < -0.3 is 4.84 Å². The summed E-state index contributed by atoms with van der Waals surface area (Å²) in [5.74, 6) is 1.67. The van der Waals surface area contributed by atoms with Crippen molar-refractivity contribution in [3.63, 3.8) is 0 Å². The van der Waals surface area contributed by atoms with Crippen molar-refractivity contribution in [1.29, 1.82) is 0 Å². The molecule has 0 fully saturated rings. The molecular formula is C4H2NO2. The predicted octanol–water partition coefficient (Wildman–Crippen LogP) is -0.446. The lowest BCUT2D eigenvalue weighted by Gasteiger charge is -1.86. The van der Waals surface area contributed by atoms with Gasteiger partial charge in [-0.25, -0.2) is 10.3 Å². The fraction of sp³-hybridized carbons (Fsp3) is 0. The van der Waals surface area contributed by atoms with Crippen LogP contribution < -0.4 is 5.48 Å². The van der Waals surface area contributed by atoms with Crippen molar-refractivity contribution in [3.8, 4) is 0 Å². The van der Waals surface area contributed by atoms with Crippen LogP contribution in [0.2, 0.25) is 0 Å². The van der Waals surface area contributed by atoms with Crippen LogP contribution in [0.1, 0.15) is 0 Å². The summed E-state index contributed by atoms with van der Waals surface area (Å²) in [4.78, 5) is 14.0. The van der Waals surface area contributed by atoms with Crippen LogP contribution in [-0.2, 0) is 9.63 Å². The second-order valence-corrected chi connectivity index (χ2v) is 0.959. The van der Waals surface area contributed by atoms with E-state index >= 15 is 0 Å². The van der Waals surface area contributed by atoms with Gasteiger partial charge in [-0.15, -0.1) is 0 Å². The van der Waals surface area contributed by atoms with Gasteiger partial charge in [-0.2, -0.15) is 0 Å². The zero-order chi connectivity index (χ0) is 5.11. The number of hydrogen-bond donors (Lipinski definition) is 1. The molecule has 3 heteroatoms. The van der Waals surface area contributed by atoms with Crippen LogP contribution in [-0.4, -0.2) is 5.94 Å². The molecule has 0 aromatic rings. The van der Waals surface area contributed by atoms with E-state index in [0.717, 1.165) is 0 Å². The first-order valence-corrected chi connectivity index (χ1v) is 1.69. The van der Waals surface area contributed by atoms with Crippen LogP contribution in [0.15, 0.2) is 11.8 Å². The summed E-state index contributed by atoms with van der Waals surface area (Å²) in [6.45, 7) is 0. The molecule has 0 spiro atoms. The quantitative estimate of drug-likeness (QED) is 0.415. The van der Waals surface area contributed by atoms with Gasteiger partial charge in [0, 0.05) is 6.08 Å². The molecule has 0 aliphatic carbocycles. The van der Waals surface area contributed by atoms with Crippen molar-refractivity contribution in [2.45, 2.75) is 0 Å². The van der Waals surface area contributed by atoms with Crippen LogP contribution in [0.3, 0.4) is 0 Å². The number of hydroxylamine groups is 1. The molecule has 35 valence electrons. The highest BCUT2D eigenvalue weighted by molar-refractivity contribution is 5.53. The summed E-state index contributed by atoms with van der Waals surface area (Å²) in [5, 5.41) is 0. The fourth-order valence-electron chi connectivity index (χ4n) is 0.259. The standard InChI is InChI=1S/C4H2NO2/c6-3-4-1-2-5-7-4/h1,5H. The van der Waals surface area contributed by atoms with E-state index in [1.165, 1.54) is 12.0 Å². The normalized spacial score (nSPS) is 15.1. The van der Waals surface area contributed by atoms with E-state index in [-0.39, 0.29) is 5.76 Å². The lowest BCUT2D eigenvalue weighted by Crippen LogP contribution is -1.96. The summed E-state index contributed by atoms with van der Waals surface area (Å²) in [5.41, 5.74) is 2.22. The summed E-state index contributed by atoms with van der Waals surface area (Å²) in [7, 11) is 0. The molecule has 1 aliphatic heterocycles. The molecule has 3 nitrogen and oxygen atoms in total. The molecule has 0 saturated heterocycles. The summed E-state index contributed by atoms with van der Waals surface area (Å²) in [6, 6.07) is 0. The second-order valence-electron chi connectivity index (χ2n) is 0.959.